The molecule has 0 saturated carbocycles. The number of carbonyl (C=O) groups is 1. The Morgan fingerprint density at radius 3 is 2.94 bits per heavy atom. The molecule has 2 rings (SSSR count). The highest BCUT2D eigenvalue weighted by atomic mass is 32.2. The number of aromatic nitrogens is 1. The van der Waals surface area contributed by atoms with Gasteiger partial charge in [0.05, 0.1) is 5.69 Å². The number of carbonyl (C=O) groups excluding carboxylic acids is 1. The van der Waals surface area contributed by atoms with E-state index in [2.05, 4.69) is 17.2 Å². The number of anilines is 1. The maximum Gasteiger partial charge on any atom is 0.258 e. The lowest BCUT2D eigenvalue weighted by molar-refractivity contribution is -0.134. The van der Waals surface area contributed by atoms with Crippen LogP contribution < -0.4 is 5.32 Å². The number of nitrogens with zero attached hydrogens (tertiary/aromatic N) is 1. The van der Waals surface area contributed by atoms with Gasteiger partial charge in [0, 0.05) is 5.38 Å². The second-order valence-electron chi connectivity index (χ2n) is 4.49. The van der Waals surface area contributed by atoms with E-state index in [1.165, 1.54) is 11.3 Å². The molecule has 1 aliphatic rings. The summed E-state index contributed by atoms with van der Waals surface area (Å²) in [5.74, 6) is 1.37. The van der Waals surface area contributed by atoms with E-state index >= 15 is 0 Å². The third-order valence-electron chi connectivity index (χ3n) is 3.02. The first-order valence-electron chi connectivity index (χ1n) is 6.20. The molecular formula is C12H18N2O2S2. The van der Waals surface area contributed by atoms with Gasteiger partial charge in [-0.05, 0) is 30.8 Å². The van der Waals surface area contributed by atoms with E-state index in [9.17, 15) is 9.90 Å². The Hall–Kier alpha value is -0.590. The van der Waals surface area contributed by atoms with Crippen LogP contribution in [-0.2, 0) is 11.2 Å². The molecule has 1 fully saturated rings. The topological polar surface area (TPSA) is 62.2 Å². The molecule has 2 heterocycles. The molecule has 2 N–H and O–H groups in total. The van der Waals surface area contributed by atoms with Gasteiger partial charge in [-0.15, -0.1) is 11.3 Å². The number of hydrogen-bond donors (Lipinski definition) is 2. The van der Waals surface area contributed by atoms with Gasteiger partial charge in [0.1, 0.15) is 5.60 Å². The summed E-state index contributed by atoms with van der Waals surface area (Å²) in [5.41, 5.74) is -0.203. The van der Waals surface area contributed by atoms with Crippen LogP contribution in [0.1, 0.15) is 31.9 Å². The summed E-state index contributed by atoms with van der Waals surface area (Å²) in [6, 6.07) is 0. The van der Waals surface area contributed by atoms with Crippen molar-refractivity contribution < 1.29 is 9.90 Å². The maximum atomic E-state index is 12.1. The molecule has 1 amide bonds. The van der Waals surface area contributed by atoms with E-state index in [1.807, 2.05) is 5.38 Å². The van der Waals surface area contributed by atoms with Crippen molar-refractivity contribution >= 4 is 34.1 Å². The lowest BCUT2D eigenvalue weighted by atomic mass is 9.96. The van der Waals surface area contributed by atoms with Gasteiger partial charge in [-0.1, -0.05) is 13.3 Å². The Balaban J connectivity index is 1.97. The van der Waals surface area contributed by atoms with E-state index in [0.717, 1.165) is 30.0 Å². The summed E-state index contributed by atoms with van der Waals surface area (Å²) in [5, 5.41) is 15.6. The van der Waals surface area contributed by atoms with Gasteiger partial charge in [0.2, 0.25) is 0 Å². The van der Waals surface area contributed by atoms with Gasteiger partial charge in [-0.3, -0.25) is 10.1 Å². The van der Waals surface area contributed by atoms with Crippen molar-refractivity contribution in [3.05, 3.63) is 11.1 Å². The van der Waals surface area contributed by atoms with Crippen molar-refractivity contribution in [1.82, 2.24) is 4.98 Å². The summed E-state index contributed by atoms with van der Waals surface area (Å²) in [6.07, 6.45) is 3.01. The average Bonchev–Trinajstić information content (AvgIpc) is 2.78. The first kappa shape index (κ1) is 13.8. The number of aryl methyl sites for hydroxylation is 1. The van der Waals surface area contributed by atoms with Crippen molar-refractivity contribution in [2.45, 2.75) is 38.2 Å². The van der Waals surface area contributed by atoms with Gasteiger partial charge in [0.15, 0.2) is 5.13 Å². The van der Waals surface area contributed by atoms with Gasteiger partial charge in [-0.2, -0.15) is 11.8 Å². The molecule has 0 spiro atoms. The molecule has 100 valence electrons. The zero-order chi connectivity index (χ0) is 13.0. The second-order valence-corrected chi connectivity index (χ2v) is 6.57. The number of thiazole rings is 1. The van der Waals surface area contributed by atoms with Crippen molar-refractivity contribution in [3.63, 3.8) is 0 Å². The summed E-state index contributed by atoms with van der Waals surface area (Å²) in [6.45, 7) is 2.10. The number of rotatable bonds is 4. The van der Waals surface area contributed by atoms with Crippen LogP contribution >= 0.6 is 23.1 Å². The zero-order valence-electron chi connectivity index (χ0n) is 10.4. The number of aliphatic hydroxyl groups is 1. The first-order chi connectivity index (χ1) is 8.64. The van der Waals surface area contributed by atoms with Crippen LogP contribution in [0.4, 0.5) is 5.13 Å². The normalized spacial score (nSPS) is 18.6. The van der Waals surface area contributed by atoms with Crippen LogP contribution in [0.5, 0.6) is 0 Å². The minimum absolute atomic E-state index is 0.305. The van der Waals surface area contributed by atoms with E-state index in [-0.39, 0.29) is 5.91 Å². The molecular weight excluding hydrogens is 268 g/mol. The Morgan fingerprint density at radius 1 is 1.56 bits per heavy atom. The molecule has 0 unspecified atom stereocenters. The van der Waals surface area contributed by atoms with Crippen molar-refractivity contribution in [3.8, 4) is 0 Å². The molecule has 0 atom stereocenters. The molecule has 6 heteroatoms. The van der Waals surface area contributed by atoms with Crippen LogP contribution in [-0.4, -0.2) is 33.1 Å². The standard InChI is InChI=1S/C12H18N2O2S2/c1-2-3-9-8-18-11(13-9)14-10(15)12(16)4-6-17-7-5-12/h8,16H,2-7H2,1H3,(H,13,14,15). The Bertz CT molecular complexity index is 414. The fourth-order valence-electron chi connectivity index (χ4n) is 1.88. The quantitative estimate of drug-likeness (QED) is 0.891. The minimum Gasteiger partial charge on any atom is -0.380 e. The SMILES string of the molecule is CCCc1csc(NC(=O)C2(O)CCSCC2)n1. The summed E-state index contributed by atoms with van der Waals surface area (Å²) < 4.78 is 0. The number of thioether (sulfide) groups is 1. The lowest BCUT2D eigenvalue weighted by Gasteiger charge is -2.29. The average molecular weight is 286 g/mol. The second kappa shape index (κ2) is 6.04. The molecule has 0 aromatic carbocycles. The predicted molar refractivity (Wildman–Crippen MR) is 76.2 cm³/mol. The highest BCUT2D eigenvalue weighted by molar-refractivity contribution is 7.99. The lowest BCUT2D eigenvalue weighted by Crippen LogP contribution is -2.45. The number of nitrogens with one attached hydrogen (secondary N) is 1. The summed E-state index contributed by atoms with van der Waals surface area (Å²) in [4.78, 5) is 16.4. The van der Waals surface area contributed by atoms with E-state index < -0.39 is 5.60 Å². The monoisotopic (exact) mass is 286 g/mol. The highest BCUT2D eigenvalue weighted by Gasteiger charge is 2.37. The number of hydrogen-bond acceptors (Lipinski definition) is 5. The first-order valence-corrected chi connectivity index (χ1v) is 8.23. The highest BCUT2D eigenvalue weighted by Crippen LogP contribution is 2.28. The predicted octanol–water partition coefficient (Wildman–Crippen LogP) is 2.29. The van der Waals surface area contributed by atoms with Crippen molar-refractivity contribution in [1.29, 1.82) is 0 Å². The maximum absolute atomic E-state index is 12.1. The van der Waals surface area contributed by atoms with Crippen LogP contribution in [0.25, 0.3) is 0 Å². The third kappa shape index (κ3) is 3.24. The van der Waals surface area contributed by atoms with E-state index in [1.54, 1.807) is 11.8 Å². The van der Waals surface area contributed by atoms with Crippen LogP contribution in [0.15, 0.2) is 5.38 Å². The van der Waals surface area contributed by atoms with Gasteiger partial charge in [0.25, 0.3) is 5.91 Å². The van der Waals surface area contributed by atoms with E-state index in [0.29, 0.717) is 18.0 Å². The molecule has 1 aromatic rings. The van der Waals surface area contributed by atoms with E-state index in [4.69, 9.17) is 0 Å². The van der Waals surface area contributed by atoms with Gasteiger partial charge in [-0.25, -0.2) is 4.98 Å². The fraction of sp³-hybridized carbons (Fsp3) is 0.667. The van der Waals surface area contributed by atoms with Crippen LogP contribution in [0.3, 0.4) is 0 Å². The van der Waals surface area contributed by atoms with Crippen molar-refractivity contribution in [2.75, 3.05) is 16.8 Å². The molecule has 4 nitrogen and oxygen atoms in total. The van der Waals surface area contributed by atoms with Crippen molar-refractivity contribution in [2.24, 2.45) is 0 Å². The Morgan fingerprint density at radius 2 is 2.28 bits per heavy atom. The Labute approximate surface area is 115 Å². The molecule has 1 aromatic heterocycles. The Kier molecular flexibility index (Phi) is 4.64. The molecule has 1 aliphatic heterocycles. The molecule has 18 heavy (non-hydrogen) atoms. The largest absolute Gasteiger partial charge is 0.380 e. The minimum atomic E-state index is -1.21. The fourth-order valence-corrected chi connectivity index (χ4v) is 3.79. The van der Waals surface area contributed by atoms with Crippen LogP contribution in [0.2, 0.25) is 0 Å². The smallest absolute Gasteiger partial charge is 0.258 e. The number of amides is 1. The summed E-state index contributed by atoms with van der Waals surface area (Å²) >= 11 is 3.20. The van der Waals surface area contributed by atoms with Gasteiger partial charge < -0.3 is 5.11 Å². The molecule has 0 aliphatic carbocycles. The summed E-state index contributed by atoms with van der Waals surface area (Å²) in [7, 11) is 0. The molecule has 0 radical (unpaired) electrons. The van der Waals surface area contributed by atoms with Crippen LogP contribution in [0, 0.1) is 0 Å². The zero-order valence-corrected chi connectivity index (χ0v) is 12.1. The third-order valence-corrected chi connectivity index (χ3v) is 4.81. The molecule has 1 saturated heterocycles. The molecule has 0 bridgehead atoms. The van der Waals surface area contributed by atoms with Gasteiger partial charge >= 0.3 is 0 Å².